The molecular formula is C8H13NO3. The van der Waals surface area contributed by atoms with Crippen molar-refractivity contribution in [3.63, 3.8) is 0 Å². The lowest BCUT2D eigenvalue weighted by Crippen LogP contribution is -2.46. The van der Waals surface area contributed by atoms with Gasteiger partial charge in [0, 0.05) is 12.0 Å². The quantitative estimate of drug-likeness (QED) is 0.313. The van der Waals surface area contributed by atoms with E-state index in [0.29, 0.717) is 19.5 Å². The molecule has 1 fully saturated rings. The van der Waals surface area contributed by atoms with E-state index in [-0.39, 0.29) is 17.3 Å². The second-order valence-corrected chi connectivity index (χ2v) is 3.60. The third-order valence-corrected chi connectivity index (χ3v) is 2.90. The summed E-state index contributed by atoms with van der Waals surface area (Å²) in [7, 11) is 0. The van der Waals surface area contributed by atoms with E-state index < -0.39 is 6.10 Å². The Morgan fingerprint density at radius 2 is 2.42 bits per heavy atom. The Labute approximate surface area is 70.9 Å². The largest absolute Gasteiger partial charge is 0.632 e. The van der Waals surface area contributed by atoms with Crippen LogP contribution in [0.4, 0.5) is 0 Å². The molecule has 4 nitrogen and oxygen atoms in total. The maximum absolute atomic E-state index is 11.9. The fourth-order valence-electron chi connectivity index (χ4n) is 2.27. The van der Waals surface area contributed by atoms with Crippen molar-refractivity contribution in [3.8, 4) is 0 Å². The second kappa shape index (κ2) is 2.53. The molecule has 2 rings (SSSR count). The zero-order valence-electron chi connectivity index (χ0n) is 6.81. The molecule has 1 saturated heterocycles. The van der Waals surface area contributed by atoms with Crippen LogP contribution in [-0.4, -0.2) is 46.7 Å². The molecule has 2 aliphatic rings. The van der Waals surface area contributed by atoms with Crippen LogP contribution in [0.3, 0.4) is 0 Å². The molecule has 2 N–H and O–H groups in total. The highest BCUT2D eigenvalue weighted by molar-refractivity contribution is 5.17. The molecule has 4 heteroatoms. The third-order valence-electron chi connectivity index (χ3n) is 2.90. The maximum atomic E-state index is 11.9. The molecule has 0 aliphatic carbocycles. The minimum Gasteiger partial charge on any atom is -0.632 e. The minimum atomic E-state index is -0.552. The number of hydroxylamine groups is 3. The average molecular weight is 171 g/mol. The first-order chi connectivity index (χ1) is 5.67. The number of hydrogen-bond acceptors (Lipinski definition) is 3. The standard InChI is InChI=1S/C8H13NO3/c10-5-6-1-3-9(12)4-2-7(11)8(6)9/h1,7-8,10-11H,2-5H2/t7-,8+,9?/m0/s1. The molecule has 68 valence electrons. The van der Waals surface area contributed by atoms with Crippen molar-refractivity contribution in [1.29, 1.82) is 0 Å². The Balaban J connectivity index is 2.25. The summed E-state index contributed by atoms with van der Waals surface area (Å²) in [5.74, 6) is 0. The summed E-state index contributed by atoms with van der Waals surface area (Å²) < 4.78 is -0.350. The first-order valence-electron chi connectivity index (χ1n) is 4.23. The Hall–Kier alpha value is -0.420. The van der Waals surface area contributed by atoms with Crippen molar-refractivity contribution < 1.29 is 14.9 Å². The number of nitrogens with zero attached hydrogens (tertiary/aromatic N) is 1. The van der Waals surface area contributed by atoms with Crippen LogP contribution in [0.2, 0.25) is 0 Å². The van der Waals surface area contributed by atoms with Gasteiger partial charge in [-0.05, 0) is 6.08 Å². The van der Waals surface area contributed by atoms with Crippen LogP contribution in [0.5, 0.6) is 0 Å². The summed E-state index contributed by atoms with van der Waals surface area (Å²) in [5, 5.41) is 30.3. The van der Waals surface area contributed by atoms with Gasteiger partial charge in [-0.3, -0.25) is 0 Å². The number of aliphatic hydroxyl groups excluding tert-OH is 2. The van der Waals surface area contributed by atoms with Gasteiger partial charge in [-0.15, -0.1) is 0 Å². The highest BCUT2D eigenvalue weighted by Crippen LogP contribution is 2.35. The molecule has 12 heavy (non-hydrogen) atoms. The zero-order chi connectivity index (χ0) is 8.77. The normalized spacial score (nSPS) is 46.1. The summed E-state index contributed by atoms with van der Waals surface area (Å²) in [6.07, 6.45) is 1.77. The lowest BCUT2D eigenvalue weighted by Gasteiger charge is -2.40. The minimum absolute atomic E-state index is 0.0933. The van der Waals surface area contributed by atoms with Crippen LogP contribution in [0.15, 0.2) is 11.6 Å². The van der Waals surface area contributed by atoms with Crippen LogP contribution in [0.1, 0.15) is 6.42 Å². The molecular weight excluding hydrogens is 158 g/mol. The molecule has 0 radical (unpaired) electrons. The van der Waals surface area contributed by atoms with Crippen molar-refractivity contribution in [3.05, 3.63) is 16.9 Å². The molecule has 3 atom stereocenters. The molecule has 0 saturated carbocycles. The van der Waals surface area contributed by atoms with E-state index in [4.69, 9.17) is 5.11 Å². The summed E-state index contributed by atoms with van der Waals surface area (Å²) in [6.45, 7) is 0.799. The van der Waals surface area contributed by atoms with Gasteiger partial charge in [-0.25, -0.2) is 0 Å². The first kappa shape index (κ1) is 8.19. The number of fused-ring (bicyclic) bond motifs is 1. The molecule has 0 aromatic carbocycles. The fourth-order valence-corrected chi connectivity index (χ4v) is 2.27. The Morgan fingerprint density at radius 1 is 1.67 bits per heavy atom. The van der Waals surface area contributed by atoms with Crippen molar-refractivity contribution in [2.75, 3.05) is 19.7 Å². The predicted octanol–water partition coefficient (Wildman–Crippen LogP) is -0.634. The van der Waals surface area contributed by atoms with E-state index in [1.54, 1.807) is 6.08 Å². The van der Waals surface area contributed by atoms with E-state index in [2.05, 4.69) is 0 Å². The molecule has 0 bridgehead atoms. The van der Waals surface area contributed by atoms with Gasteiger partial charge in [0.2, 0.25) is 0 Å². The molecule has 0 spiro atoms. The smallest absolute Gasteiger partial charge is 0.139 e. The van der Waals surface area contributed by atoms with Gasteiger partial charge in [-0.2, -0.15) is 0 Å². The van der Waals surface area contributed by atoms with Crippen LogP contribution < -0.4 is 0 Å². The summed E-state index contributed by atoms with van der Waals surface area (Å²) in [4.78, 5) is 0. The lowest BCUT2D eigenvalue weighted by atomic mass is 10.1. The number of aliphatic hydroxyl groups is 2. The topological polar surface area (TPSA) is 63.5 Å². The van der Waals surface area contributed by atoms with Crippen molar-refractivity contribution in [2.45, 2.75) is 18.6 Å². The fraction of sp³-hybridized carbons (Fsp3) is 0.750. The Morgan fingerprint density at radius 3 is 3.08 bits per heavy atom. The van der Waals surface area contributed by atoms with Crippen LogP contribution in [0, 0.1) is 5.21 Å². The van der Waals surface area contributed by atoms with E-state index in [9.17, 15) is 10.3 Å². The average Bonchev–Trinajstić information content (AvgIpc) is 2.51. The van der Waals surface area contributed by atoms with Gasteiger partial charge in [0.05, 0.1) is 19.7 Å². The summed E-state index contributed by atoms with van der Waals surface area (Å²) >= 11 is 0. The van der Waals surface area contributed by atoms with Gasteiger partial charge in [-0.1, -0.05) is 0 Å². The molecule has 0 aromatic heterocycles. The zero-order valence-corrected chi connectivity index (χ0v) is 6.81. The van der Waals surface area contributed by atoms with Crippen LogP contribution in [-0.2, 0) is 0 Å². The Bertz CT molecular complexity index is 228. The maximum Gasteiger partial charge on any atom is 0.139 e. The highest BCUT2D eigenvalue weighted by Gasteiger charge is 2.46. The van der Waals surface area contributed by atoms with Gasteiger partial charge in [0.25, 0.3) is 0 Å². The van der Waals surface area contributed by atoms with E-state index in [1.807, 2.05) is 0 Å². The summed E-state index contributed by atoms with van der Waals surface area (Å²) in [5.41, 5.74) is 0.718. The van der Waals surface area contributed by atoms with E-state index in [0.717, 1.165) is 5.57 Å². The van der Waals surface area contributed by atoms with Crippen molar-refractivity contribution in [1.82, 2.24) is 0 Å². The highest BCUT2D eigenvalue weighted by atomic mass is 16.6. The number of hydrogen-bond donors (Lipinski definition) is 2. The molecule has 2 aliphatic heterocycles. The van der Waals surface area contributed by atoms with Gasteiger partial charge in [0.1, 0.15) is 12.1 Å². The predicted molar refractivity (Wildman–Crippen MR) is 42.9 cm³/mol. The Kier molecular flexibility index (Phi) is 1.73. The van der Waals surface area contributed by atoms with Gasteiger partial charge in [0.15, 0.2) is 0 Å². The SMILES string of the molecule is [O-][N+]12CC=C(CO)[C@@H]1[C@@H](O)CC2. The summed E-state index contributed by atoms with van der Waals surface area (Å²) in [6, 6.07) is -0.380. The van der Waals surface area contributed by atoms with Crippen molar-refractivity contribution >= 4 is 0 Å². The molecule has 0 amide bonds. The number of quaternary nitrogens is 1. The molecule has 1 unspecified atom stereocenters. The second-order valence-electron chi connectivity index (χ2n) is 3.60. The van der Waals surface area contributed by atoms with Gasteiger partial charge >= 0.3 is 0 Å². The number of rotatable bonds is 1. The monoisotopic (exact) mass is 171 g/mol. The van der Waals surface area contributed by atoms with Crippen molar-refractivity contribution in [2.24, 2.45) is 0 Å². The molecule has 2 heterocycles. The van der Waals surface area contributed by atoms with Gasteiger partial charge < -0.3 is 20.1 Å². The van der Waals surface area contributed by atoms with Crippen LogP contribution >= 0.6 is 0 Å². The first-order valence-corrected chi connectivity index (χ1v) is 4.23. The van der Waals surface area contributed by atoms with E-state index in [1.165, 1.54) is 0 Å². The van der Waals surface area contributed by atoms with Crippen LogP contribution in [0.25, 0.3) is 0 Å². The van der Waals surface area contributed by atoms with E-state index >= 15 is 0 Å². The molecule has 0 aromatic rings. The third kappa shape index (κ3) is 0.927. The lowest BCUT2D eigenvalue weighted by molar-refractivity contribution is -0.877.